The zero-order valence-electron chi connectivity index (χ0n) is 12.2. The fraction of sp³-hybridized carbons (Fsp3) is 0.312. The summed E-state index contributed by atoms with van der Waals surface area (Å²) in [6, 6.07) is 7.94. The Morgan fingerprint density at radius 2 is 2.05 bits per heavy atom. The van der Waals surface area contributed by atoms with E-state index in [-0.39, 0.29) is 24.2 Å². The Hall–Kier alpha value is -2.14. The topological polar surface area (TPSA) is 60.0 Å². The lowest BCUT2D eigenvalue weighted by atomic mass is 10.00. The minimum Gasteiger partial charge on any atom is -0.345 e. The highest BCUT2D eigenvalue weighted by molar-refractivity contribution is 5.90. The number of hydrogen-bond donors (Lipinski definition) is 2. The molecule has 0 bridgehead atoms. The van der Waals surface area contributed by atoms with Gasteiger partial charge in [-0.15, -0.1) is 0 Å². The zero-order valence-corrected chi connectivity index (χ0v) is 12.2. The molecule has 0 aliphatic rings. The monoisotopic (exact) mass is 289 g/mol. The molecule has 1 aromatic heterocycles. The predicted molar refractivity (Wildman–Crippen MR) is 81.2 cm³/mol. The highest BCUT2D eigenvalue weighted by atomic mass is 19.1. The molecule has 1 amide bonds. The molecule has 4 nitrogen and oxygen atoms in total. The third-order valence-corrected chi connectivity index (χ3v) is 3.35. The summed E-state index contributed by atoms with van der Waals surface area (Å²) in [6.45, 7) is 4.22. The van der Waals surface area contributed by atoms with E-state index in [0.717, 1.165) is 5.56 Å². The first kappa shape index (κ1) is 15.3. The Kier molecular flexibility index (Phi) is 4.75. The lowest BCUT2D eigenvalue weighted by molar-refractivity contribution is -0.116. The SMILES string of the molecule is CC(C)C(N)c1ccn(CC(=O)Nc2ccccc2F)c1. The minimum absolute atomic E-state index is 0.0547. The first-order valence-corrected chi connectivity index (χ1v) is 6.93. The molecule has 2 aromatic rings. The van der Waals surface area contributed by atoms with Crippen LogP contribution in [0.1, 0.15) is 25.5 Å². The summed E-state index contributed by atoms with van der Waals surface area (Å²) < 4.78 is 15.2. The molecule has 112 valence electrons. The first-order chi connectivity index (χ1) is 9.97. The van der Waals surface area contributed by atoms with Crippen LogP contribution >= 0.6 is 0 Å². The average molecular weight is 289 g/mol. The molecule has 1 heterocycles. The molecule has 0 fully saturated rings. The third-order valence-electron chi connectivity index (χ3n) is 3.35. The van der Waals surface area contributed by atoms with Crippen molar-refractivity contribution in [2.24, 2.45) is 11.7 Å². The number of carbonyl (C=O) groups is 1. The maximum absolute atomic E-state index is 13.4. The number of anilines is 1. The molecule has 1 atom stereocenters. The summed E-state index contributed by atoms with van der Waals surface area (Å²) in [4.78, 5) is 11.9. The Labute approximate surface area is 123 Å². The molecule has 0 radical (unpaired) electrons. The van der Waals surface area contributed by atoms with Crippen molar-refractivity contribution in [3.05, 3.63) is 54.1 Å². The van der Waals surface area contributed by atoms with Gasteiger partial charge in [-0.1, -0.05) is 26.0 Å². The summed E-state index contributed by atoms with van der Waals surface area (Å²) in [5.74, 6) is -0.394. The molecule has 0 saturated heterocycles. The number of benzene rings is 1. The fourth-order valence-corrected chi connectivity index (χ4v) is 2.06. The summed E-state index contributed by atoms with van der Waals surface area (Å²) in [5, 5.41) is 2.55. The van der Waals surface area contributed by atoms with Crippen molar-refractivity contribution in [1.82, 2.24) is 4.57 Å². The number of amides is 1. The van der Waals surface area contributed by atoms with Crippen LogP contribution in [0.25, 0.3) is 0 Å². The fourth-order valence-electron chi connectivity index (χ4n) is 2.06. The van der Waals surface area contributed by atoms with Crippen molar-refractivity contribution >= 4 is 11.6 Å². The number of nitrogens with one attached hydrogen (secondary N) is 1. The number of hydrogen-bond acceptors (Lipinski definition) is 2. The van der Waals surface area contributed by atoms with Gasteiger partial charge in [-0.25, -0.2) is 4.39 Å². The van der Waals surface area contributed by atoms with Crippen LogP contribution in [-0.4, -0.2) is 10.5 Å². The van der Waals surface area contributed by atoms with E-state index in [2.05, 4.69) is 5.32 Å². The van der Waals surface area contributed by atoms with Crippen LogP contribution in [0.3, 0.4) is 0 Å². The lowest BCUT2D eigenvalue weighted by Gasteiger charge is -2.13. The number of halogens is 1. The third kappa shape index (κ3) is 3.92. The molecule has 0 aliphatic carbocycles. The largest absolute Gasteiger partial charge is 0.345 e. The van der Waals surface area contributed by atoms with Gasteiger partial charge >= 0.3 is 0 Å². The van der Waals surface area contributed by atoms with E-state index in [1.54, 1.807) is 22.9 Å². The molecule has 21 heavy (non-hydrogen) atoms. The number of para-hydroxylation sites is 1. The van der Waals surface area contributed by atoms with Crippen molar-refractivity contribution in [3.63, 3.8) is 0 Å². The van der Waals surface area contributed by atoms with Gasteiger partial charge in [-0.3, -0.25) is 4.79 Å². The van der Waals surface area contributed by atoms with Gasteiger partial charge in [-0.2, -0.15) is 0 Å². The Morgan fingerprint density at radius 3 is 2.71 bits per heavy atom. The number of rotatable bonds is 5. The van der Waals surface area contributed by atoms with Crippen molar-refractivity contribution in [2.75, 3.05) is 5.32 Å². The first-order valence-electron chi connectivity index (χ1n) is 6.93. The second kappa shape index (κ2) is 6.54. The second-order valence-corrected chi connectivity index (χ2v) is 5.41. The van der Waals surface area contributed by atoms with E-state index in [9.17, 15) is 9.18 Å². The van der Waals surface area contributed by atoms with Crippen LogP contribution in [0.15, 0.2) is 42.7 Å². The van der Waals surface area contributed by atoms with Crippen molar-refractivity contribution in [1.29, 1.82) is 0 Å². The Morgan fingerprint density at radius 1 is 1.33 bits per heavy atom. The highest BCUT2D eigenvalue weighted by Gasteiger charge is 2.13. The summed E-state index contributed by atoms with van der Waals surface area (Å²) in [5.41, 5.74) is 7.24. The van der Waals surface area contributed by atoms with E-state index >= 15 is 0 Å². The van der Waals surface area contributed by atoms with Crippen LogP contribution < -0.4 is 11.1 Å². The molecule has 5 heteroatoms. The minimum atomic E-state index is -0.444. The molecular weight excluding hydrogens is 269 g/mol. The van der Waals surface area contributed by atoms with Gasteiger partial charge in [0.05, 0.1) is 5.69 Å². The number of nitrogens with two attached hydrogens (primary N) is 1. The van der Waals surface area contributed by atoms with E-state index in [1.165, 1.54) is 12.1 Å². The summed E-state index contributed by atoms with van der Waals surface area (Å²) in [7, 11) is 0. The van der Waals surface area contributed by atoms with Crippen LogP contribution in [0, 0.1) is 11.7 Å². The molecule has 1 unspecified atom stereocenters. The standard InChI is InChI=1S/C16H20FN3O/c1-11(2)16(18)12-7-8-20(9-12)10-15(21)19-14-6-4-3-5-13(14)17/h3-9,11,16H,10,18H2,1-2H3,(H,19,21). The van der Waals surface area contributed by atoms with Crippen molar-refractivity contribution in [2.45, 2.75) is 26.4 Å². The Balaban J connectivity index is 1.99. The molecule has 3 N–H and O–H groups in total. The highest BCUT2D eigenvalue weighted by Crippen LogP contribution is 2.19. The second-order valence-electron chi connectivity index (χ2n) is 5.41. The van der Waals surface area contributed by atoms with Crippen molar-refractivity contribution in [3.8, 4) is 0 Å². The molecule has 1 aromatic carbocycles. The lowest BCUT2D eigenvalue weighted by Crippen LogP contribution is -2.19. The average Bonchev–Trinajstić information content (AvgIpc) is 2.88. The number of aromatic nitrogens is 1. The smallest absolute Gasteiger partial charge is 0.244 e. The molecule has 0 aliphatic heterocycles. The maximum Gasteiger partial charge on any atom is 0.244 e. The van der Waals surface area contributed by atoms with Gasteiger partial charge in [0.2, 0.25) is 5.91 Å². The van der Waals surface area contributed by atoms with Gasteiger partial charge < -0.3 is 15.6 Å². The van der Waals surface area contributed by atoms with E-state index < -0.39 is 5.82 Å². The quantitative estimate of drug-likeness (QED) is 0.889. The van der Waals surface area contributed by atoms with E-state index in [0.29, 0.717) is 5.92 Å². The molecule has 0 spiro atoms. The molecular formula is C16H20FN3O. The Bertz CT molecular complexity index is 621. The summed E-state index contributed by atoms with van der Waals surface area (Å²) in [6.07, 6.45) is 3.66. The van der Waals surface area contributed by atoms with Gasteiger partial charge in [-0.05, 0) is 29.7 Å². The van der Waals surface area contributed by atoms with Crippen LogP contribution in [0.4, 0.5) is 10.1 Å². The molecule has 0 saturated carbocycles. The maximum atomic E-state index is 13.4. The van der Waals surface area contributed by atoms with Crippen molar-refractivity contribution < 1.29 is 9.18 Å². The van der Waals surface area contributed by atoms with E-state index in [1.807, 2.05) is 26.1 Å². The van der Waals surface area contributed by atoms with Gasteiger partial charge in [0.1, 0.15) is 12.4 Å². The van der Waals surface area contributed by atoms with Crippen LogP contribution in [0.5, 0.6) is 0 Å². The zero-order chi connectivity index (χ0) is 15.4. The number of carbonyl (C=O) groups excluding carboxylic acids is 1. The molecule has 2 rings (SSSR count). The van der Waals surface area contributed by atoms with Gasteiger partial charge in [0.25, 0.3) is 0 Å². The van der Waals surface area contributed by atoms with Crippen LogP contribution in [0.2, 0.25) is 0 Å². The van der Waals surface area contributed by atoms with Gasteiger partial charge in [0, 0.05) is 18.4 Å². The normalized spacial score (nSPS) is 12.4. The summed E-state index contributed by atoms with van der Waals surface area (Å²) >= 11 is 0. The van der Waals surface area contributed by atoms with Crippen LogP contribution in [-0.2, 0) is 11.3 Å². The predicted octanol–water partition coefficient (Wildman–Crippen LogP) is 2.92. The van der Waals surface area contributed by atoms with E-state index in [4.69, 9.17) is 5.73 Å². The number of nitrogens with zero attached hydrogens (tertiary/aromatic N) is 1. The van der Waals surface area contributed by atoms with Gasteiger partial charge in [0.15, 0.2) is 0 Å².